The summed E-state index contributed by atoms with van der Waals surface area (Å²) in [5.41, 5.74) is 3.46. The number of benzene rings is 2. The molecular formula is C25H25N7O2S. The largest absolute Gasteiger partial charge is 0.310 e. The molecule has 9 nitrogen and oxygen atoms in total. The molecule has 0 aliphatic carbocycles. The van der Waals surface area contributed by atoms with Crippen LogP contribution in [-0.4, -0.2) is 40.6 Å². The number of amides is 1. The van der Waals surface area contributed by atoms with Crippen LogP contribution in [0.5, 0.6) is 0 Å². The zero-order chi connectivity index (χ0) is 24.5. The van der Waals surface area contributed by atoms with Gasteiger partial charge in [0, 0.05) is 12.6 Å². The van der Waals surface area contributed by atoms with Crippen LogP contribution in [0.3, 0.4) is 0 Å². The van der Waals surface area contributed by atoms with Crippen LogP contribution in [0.15, 0.2) is 64.5 Å². The second-order valence-electron chi connectivity index (χ2n) is 8.35. The van der Waals surface area contributed by atoms with E-state index in [4.69, 9.17) is 0 Å². The highest BCUT2D eigenvalue weighted by Gasteiger charge is 2.18. The number of fused-ring (bicyclic) bond motifs is 3. The van der Waals surface area contributed by atoms with Gasteiger partial charge in [0.25, 0.3) is 5.56 Å². The maximum absolute atomic E-state index is 13.0. The Morgan fingerprint density at radius 1 is 1.06 bits per heavy atom. The summed E-state index contributed by atoms with van der Waals surface area (Å²) >= 11 is 1.27. The Bertz CT molecular complexity index is 1600. The van der Waals surface area contributed by atoms with Gasteiger partial charge in [0.15, 0.2) is 5.16 Å². The summed E-state index contributed by atoms with van der Waals surface area (Å²) in [6.45, 7) is 6.46. The van der Waals surface area contributed by atoms with Gasteiger partial charge in [-0.1, -0.05) is 48.5 Å². The van der Waals surface area contributed by atoms with E-state index in [1.807, 2.05) is 73.7 Å². The topological polar surface area (TPSA) is 99.1 Å². The molecule has 0 aliphatic rings. The minimum absolute atomic E-state index is 0.0867. The molecule has 1 amide bonds. The number of thioether (sulfide) groups is 1. The van der Waals surface area contributed by atoms with Gasteiger partial charge in [-0.2, -0.15) is 5.10 Å². The number of carbonyl (C=O) groups is 1. The third-order valence-electron chi connectivity index (χ3n) is 5.64. The van der Waals surface area contributed by atoms with Crippen molar-refractivity contribution in [2.24, 2.45) is 0 Å². The molecule has 1 N–H and O–H groups in total. The van der Waals surface area contributed by atoms with Crippen molar-refractivity contribution in [3.63, 3.8) is 0 Å². The summed E-state index contributed by atoms with van der Waals surface area (Å²) < 4.78 is 5.22. The predicted octanol–water partition coefficient (Wildman–Crippen LogP) is 3.99. The van der Waals surface area contributed by atoms with Gasteiger partial charge in [-0.25, -0.2) is 4.68 Å². The van der Waals surface area contributed by atoms with Crippen LogP contribution in [-0.2, 0) is 11.3 Å². The van der Waals surface area contributed by atoms with Crippen molar-refractivity contribution in [1.82, 2.24) is 28.9 Å². The lowest BCUT2D eigenvalue weighted by atomic mass is 10.2. The molecule has 178 valence electrons. The number of hydrogen-bond acceptors (Lipinski definition) is 6. The average molecular weight is 488 g/mol. The highest BCUT2D eigenvalue weighted by Crippen LogP contribution is 2.23. The zero-order valence-corrected chi connectivity index (χ0v) is 20.5. The Morgan fingerprint density at radius 3 is 2.60 bits per heavy atom. The van der Waals surface area contributed by atoms with Crippen LogP contribution in [0.4, 0.5) is 5.82 Å². The van der Waals surface area contributed by atoms with E-state index in [0.29, 0.717) is 28.7 Å². The van der Waals surface area contributed by atoms with Gasteiger partial charge in [0.05, 0.1) is 28.0 Å². The molecule has 0 radical (unpaired) electrons. The predicted molar refractivity (Wildman–Crippen MR) is 137 cm³/mol. The van der Waals surface area contributed by atoms with Crippen LogP contribution < -0.4 is 10.9 Å². The first-order valence-corrected chi connectivity index (χ1v) is 12.4. The van der Waals surface area contributed by atoms with Crippen LogP contribution in [0.2, 0.25) is 0 Å². The van der Waals surface area contributed by atoms with E-state index >= 15 is 0 Å². The Hall–Kier alpha value is -3.92. The number of nitrogens with zero attached hydrogens (tertiary/aromatic N) is 6. The maximum atomic E-state index is 13.0. The first-order valence-electron chi connectivity index (χ1n) is 11.4. The number of anilines is 1. The Labute approximate surface area is 205 Å². The molecule has 5 aromatic rings. The molecular weight excluding hydrogens is 462 g/mol. The summed E-state index contributed by atoms with van der Waals surface area (Å²) in [6, 6.07) is 17.2. The highest BCUT2D eigenvalue weighted by atomic mass is 32.2. The second-order valence-corrected chi connectivity index (χ2v) is 9.29. The van der Waals surface area contributed by atoms with E-state index in [2.05, 4.69) is 20.6 Å². The fourth-order valence-corrected chi connectivity index (χ4v) is 4.77. The minimum Gasteiger partial charge on any atom is -0.310 e. The lowest BCUT2D eigenvalue weighted by molar-refractivity contribution is -0.113. The first kappa shape index (κ1) is 22.9. The average Bonchev–Trinajstić information content (AvgIpc) is 3.44. The van der Waals surface area contributed by atoms with E-state index in [1.165, 1.54) is 11.8 Å². The minimum atomic E-state index is -0.189. The van der Waals surface area contributed by atoms with Gasteiger partial charge >= 0.3 is 0 Å². The molecule has 0 saturated carbocycles. The summed E-state index contributed by atoms with van der Waals surface area (Å²) in [7, 11) is 0. The summed E-state index contributed by atoms with van der Waals surface area (Å²) in [5, 5.41) is 17.2. The van der Waals surface area contributed by atoms with E-state index < -0.39 is 0 Å². The first-order chi connectivity index (χ1) is 17.0. The lowest BCUT2D eigenvalue weighted by Crippen LogP contribution is -2.23. The van der Waals surface area contributed by atoms with Crippen molar-refractivity contribution < 1.29 is 4.79 Å². The monoisotopic (exact) mass is 487 g/mol. The number of hydrogen-bond donors (Lipinski definition) is 1. The summed E-state index contributed by atoms with van der Waals surface area (Å²) in [6.07, 6.45) is 0.791. The maximum Gasteiger partial charge on any atom is 0.262 e. The Morgan fingerprint density at radius 2 is 1.83 bits per heavy atom. The van der Waals surface area contributed by atoms with E-state index in [1.54, 1.807) is 15.3 Å². The van der Waals surface area contributed by atoms with Crippen molar-refractivity contribution in [2.75, 3.05) is 11.1 Å². The van der Waals surface area contributed by atoms with Gasteiger partial charge in [-0.05, 0) is 44.5 Å². The quantitative estimate of drug-likeness (QED) is 0.349. The van der Waals surface area contributed by atoms with Crippen molar-refractivity contribution in [3.8, 4) is 5.69 Å². The summed E-state index contributed by atoms with van der Waals surface area (Å²) in [4.78, 5) is 25.9. The van der Waals surface area contributed by atoms with Crippen molar-refractivity contribution >= 4 is 40.2 Å². The molecule has 2 aromatic carbocycles. The molecule has 10 heteroatoms. The number of rotatable bonds is 7. The number of aryl methyl sites for hydroxylation is 3. The summed E-state index contributed by atoms with van der Waals surface area (Å²) in [5.74, 6) is 1.02. The molecule has 0 spiro atoms. The molecule has 0 saturated heterocycles. The molecule has 5 rings (SSSR count). The molecule has 0 fully saturated rings. The normalized spacial score (nSPS) is 11.4. The van der Waals surface area contributed by atoms with Crippen molar-refractivity contribution in [3.05, 3.63) is 76.2 Å². The fourth-order valence-electron chi connectivity index (χ4n) is 4.03. The second kappa shape index (κ2) is 9.38. The zero-order valence-electron chi connectivity index (χ0n) is 19.7. The Kier molecular flexibility index (Phi) is 6.12. The number of carbonyl (C=O) groups excluding carboxylic acids is 1. The van der Waals surface area contributed by atoms with Gasteiger partial charge in [-0.3, -0.25) is 18.6 Å². The van der Waals surface area contributed by atoms with Crippen molar-refractivity contribution in [2.45, 2.75) is 38.9 Å². The molecule has 0 atom stereocenters. The smallest absolute Gasteiger partial charge is 0.262 e. The number of para-hydroxylation sites is 1. The van der Waals surface area contributed by atoms with Crippen LogP contribution in [0.25, 0.3) is 22.4 Å². The number of aromatic nitrogens is 6. The molecule has 0 bridgehead atoms. The van der Waals surface area contributed by atoms with Crippen LogP contribution in [0, 0.1) is 13.8 Å². The third-order valence-corrected chi connectivity index (χ3v) is 6.56. The molecule has 35 heavy (non-hydrogen) atoms. The Balaban J connectivity index is 1.42. The lowest BCUT2D eigenvalue weighted by Gasteiger charge is -2.11. The standard InChI is InChI=1S/C25H25N7O2S/c1-4-13-30-23(34)19-7-5-6-8-20(19)31-24(30)27-28-25(31)35-15-22(33)26-21-14-17(3)29-32(21)18-11-9-16(2)10-12-18/h5-12,14H,4,13,15H2,1-3H3,(H,26,33). The number of nitrogens with one attached hydrogen (secondary N) is 1. The fraction of sp³-hybridized carbons (Fsp3) is 0.240. The highest BCUT2D eigenvalue weighted by molar-refractivity contribution is 7.99. The molecule has 0 unspecified atom stereocenters. The van der Waals surface area contributed by atoms with Gasteiger partial charge in [0.1, 0.15) is 5.82 Å². The molecule has 3 aromatic heterocycles. The molecule has 0 aliphatic heterocycles. The van der Waals surface area contributed by atoms with E-state index in [9.17, 15) is 9.59 Å². The van der Waals surface area contributed by atoms with Gasteiger partial charge in [0.2, 0.25) is 11.7 Å². The third kappa shape index (κ3) is 4.32. The van der Waals surface area contributed by atoms with E-state index in [0.717, 1.165) is 28.9 Å². The van der Waals surface area contributed by atoms with E-state index in [-0.39, 0.29) is 17.2 Å². The van der Waals surface area contributed by atoms with Crippen LogP contribution >= 0.6 is 11.8 Å². The van der Waals surface area contributed by atoms with Gasteiger partial charge < -0.3 is 5.32 Å². The van der Waals surface area contributed by atoms with Crippen LogP contribution in [0.1, 0.15) is 24.6 Å². The molecule has 3 heterocycles. The van der Waals surface area contributed by atoms with Gasteiger partial charge in [-0.15, -0.1) is 10.2 Å². The van der Waals surface area contributed by atoms with Crippen molar-refractivity contribution in [1.29, 1.82) is 0 Å². The SMILES string of the molecule is CCCn1c(=O)c2ccccc2n2c(SCC(=O)Nc3cc(C)nn3-c3ccc(C)cc3)nnc12.